The molecule has 0 aromatic heterocycles. The molecule has 0 aliphatic carbocycles. The van der Waals surface area contributed by atoms with Gasteiger partial charge in [0.15, 0.2) is 6.10 Å². The van der Waals surface area contributed by atoms with Crippen LogP contribution in [0.15, 0.2) is 53.4 Å². The van der Waals surface area contributed by atoms with Gasteiger partial charge in [-0.25, -0.2) is 8.42 Å². The highest BCUT2D eigenvalue weighted by Gasteiger charge is 2.27. The van der Waals surface area contributed by atoms with E-state index in [1.807, 2.05) is 19.1 Å². The maximum absolute atomic E-state index is 12.5. The Morgan fingerprint density at radius 2 is 1.57 bits per heavy atom. The number of sulfonamides is 1. The maximum atomic E-state index is 12.5. The summed E-state index contributed by atoms with van der Waals surface area (Å²) in [5.74, 6) is -0.530. The second-order valence-corrected chi connectivity index (χ2v) is 9.09. The number of hydrazine groups is 1. The molecule has 2 N–H and O–H groups in total. The van der Waals surface area contributed by atoms with Gasteiger partial charge >= 0.3 is 0 Å². The Balaban J connectivity index is 1.54. The molecule has 1 aliphatic rings. The van der Waals surface area contributed by atoms with Crippen LogP contribution in [0.3, 0.4) is 0 Å². The molecule has 0 bridgehead atoms. The predicted octanol–water partition coefficient (Wildman–Crippen LogP) is 2.01. The third-order valence-corrected chi connectivity index (χ3v) is 6.73. The fraction of sp³-hybridized carbons (Fsp3) is 0.333. The van der Waals surface area contributed by atoms with Crippen molar-refractivity contribution in [1.82, 2.24) is 15.2 Å². The monoisotopic (exact) mass is 431 g/mol. The molecule has 0 radical (unpaired) electrons. The molecule has 1 heterocycles. The number of aryl methyl sites for hydroxylation is 1. The lowest BCUT2D eigenvalue weighted by atomic mass is 10.2. The van der Waals surface area contributed by atoms with Crippen LogP contribution in [0.4, 0.5) is 0 Å². The first-order valence-electron chi connectivity index (χ1n) is 9.71. The van der Waals surface area contributed by atoms with Crippen LogP contribution in [0.25, 0.3) is 0 Å². The van der Waals surface area contributed by atoms with Crippen LogP contribution in [0.1, 0.15) is 35.7 Å². The van der Waals surface area contributed by atoms with E-state index in [0.29, 0.717) is 18.8 Å². The summed E-state index contributed by atoms with van der Waals surface area (Å²) in [5, 5.41) is 0. The molecule has 0 saturated carbocycles. The molecule has 1 aliphatic heterocycles. The van der Waals surface area contributed by atoms with Crippen molar-refractivity contribution in [3.63, 3.8) is 0 Å². The molecule has 2 aromatic carbocycles. The molecule has 2 aromatic rings. The summed E-state index contributed by atoms with van der Waals surface area (Å²) in [6, 6.07) is 12.9. The topological polar surface area (TPSA) is 105 Å². The fourth-order valence-electron chi connectivity index (χ4n) is 3.02. The second kappa shape index (κ2) is 9.27. The second-order valence-electron chi connectivity index (χ2n) is 7.15. The first-order chi connectivity index (χ1) is 14.3. The largest absolute Gasteiger partial charge is 0.481 e. The van der Waals surface area contributed by atoms with Gasteiger partial charge in [-0.15, -0.1) is 0 Å². The zero-order valence-electron chi connectivity index (χ0n) is 16.9. The summed E-state index contributed by atoms with van der Waals surface area (Å²) in [5.41, 5.74) is 5.92. The molecule has 8 nitrogen and oxygen atoms in total. The lowest BCUT2D eigenvalue weighted by Gasteiger charge is -2.16. The van der Waals surface area contributed by atoms with E-state index in [1.54, 1.807) is 19.1 Å². The Kier molecular flexibility index (Phi) is 6.73. The Bertz CT molecular complexity index is 998. The molecule has 2 amide bonds. The van der Waals surface area contributed by atoms with Gasteiger partial charge in [0.1, 0.15) is 5.75 Å². The van der Waals surface area contributed by atoms with Gasteiger partial charge in [-0.05, 0) is 63.1 Å². The third-order valence-electron chi connectivity index (χ3n) is 4.82. The summed E-state index contributed by atoms with van der Waals surface area (Å²) in [6.45, 7) is 4.54. The quantitative estimate of drug-likeness (QED) is 0.681. The number of hydrogen-bond acceptors (Lipinski definition) is 5. The van der Waals surface area contributed by atoms with Crippen molar-refractivity contribution in [2.45, 2.75) is 37.7 Å². The van der Waals surface area contributed by atoms with Gasteiger partial charge < -0.3 is 4.74 Å². The number of benzene rings is 2. The van der Waals surface area contributed by atoms with Crippen LogP contribution >= 0.6 is 0 Å². The molecule has 1 saturated heterocycles. The fourth-order valence-corrected chi connectivity index (χ4v) is 4.54. The Morgan fingerprint density at radius 3 is 2.17 bits per heavy atom. The van der Waals surface area contributed by atoms with Crippen molar-refractivity contribution in [3.8, 4) is 5.75 Å². The minimum absolute atomic E-state index is 0.144. The van der Waals surface area contributed by atoms with Crippen LogP contribution in [-0.4, -0.2) is 43.7 Å². The van der Waals surface area contributed by atoms with Gasteiger partial charge in [-0.1, -0.05) is 17.7 Å². The van der Waals surface area contributed by atoms with E-state index >= 15 is 0 Å². The number of carbonyl (C=O) groups is 2. The SMILES string of the molecule is Cc1ccc(OC(C)C(=O)NNC(=O)c2ccc(S(=O)(=O)N3CCCC3)cc2)cc1. The summed E-state index contributed by atoms with van der Waals surface area (Å²) >= 11 is 0. The van der Waals surface area contributed by atoms with Crippen molar-refractivity contribution >= 4 is 21.8 Å². The average Bonchev–Trinajstić information content (AvgIpc) is 3.29. The number of nitrogens with one attached hydrogen (secondary N) is 2. The molecule has 9 heteroatoms. The summed E-state index contributed by atoms with van der Waals surface area (Å²) < 4.78 is 32.0. The molecule has 1 atom stereocenters. The Hall–Kier alpha value is -2.91. The molecular formula is C21H25N3O5S. The molecule has 30 heavy (non-hydrogen) atoms. The standard InChI is InChI=1S/C21H25N3O5S/c1-15-5-9-18(10-6-15)29-16(2)20(25)22-23-21(26)17-7-11-19(12-8-17)30(27,28)24-13-3-4-14-24/h5-12,16H,3-4,13-14H2,1-2H3,(H,22,25)(H,23,26). The molecule has 160 valence electrons. The first-order valence-corrected chi connectivity index (χ1v) is 11.1. The van der Waals surface area contributed by atoms with Gasteiger partial charge in [0.05, 0.1) is 4.90 Å². The highest BCUT2D eigenvalue weighted by atomic mass is 32.2. The van der Waals surface area contributed by atoms with E-state index in [-0.39, 0.29) is 10.5 Å². The van der Waals surface area contributed by atoms with E-state index in [4.69, 9.17) is 4.74 Å². The smallest absolute Gasteiger partial charge is 0.279 e. The van der Waals surface area contributed by atoms with E-state index in [2.05, 4.69) is 10.9 Å². The number of carbonyl (C=O) groups excluding carboxylic acids is 2. The van der Waals surface area contributed by atoms with Crippen LogP contribution in [0.2, 0.25) is 0 Å². The number of ether oxygens (including phenoxy) is 1. The van der Waals surface area contributed by atoms with Crippen LogP contribution in [-0.2, 0) is 14.8 Å². The van der Waals surface area contributed by atoms with Gasteiger partial charge in [-0.2, -0.15) is 4.31 Å². The van der Waals surface area contributed by atoms with Crippen LogP contribution in [0.5, 0.6) is 5.75 Å². The molecule has 1 unspecified atom stereocenters. The van der Waals surface area contributed by atoms with Gasteiger partial charge in [-0.3, -0.25) is 20.4 Å². The van der Waals surface area contributed by atoms with Crippen molar-refractivity contribution in [1.29, 1.82) is 0 Å². The zero-order valence-corrected chi connectivity index (χ0v) is 17.7. The number of rotatable bonds is 6. The van der Waals surface area contributed by atoms with Crippen molar-refractivity contribution in [2.24, 2.45) is 0 Å². The predicted molar refractivity (Wildman–Crippen MR) is 111 cm³/mol. The normalized spacial score (nSPS) is 15.4. The van der Waals surface area contributed by atoms with Gasteiger partial charge in [0, 0.05) is 18.7 Å². The zero-order chi connectivity index (χ0) is 21.7. The van der Waals surface area contributed by atoms with E-state index in [9.17, 15) is 18.0 Å². The minimum atomic E-state index is -3.54. The molecular weight excluding hydrogens is 406 g/mol. The van der Waals surface area contributed by atoms with Crippen molar-refractivity contribution in [2.75, 3.05) is 13.1 Å². The van der Waals surface area contributed by atoms with E-state index in [1.165, 1.54) is 28.6 Å². The van der Waals surface area contributed by atoms with Crippen LogP contribution < -0.4 is 15.6 Å². The Labute approximate surface area is 176 Å². The third kappa shape index (κ3) is 5.17. The summed E-state index contributed by atoms with van der Waals surface area (Å²) in [6.07, 6.45) is 0.887. The lowest BCUT2D eigenvalue weighted by molar-refractivity contribution is -0.128. The lowest BCUT2D eigenvalue weighted by Crippen LogP contribution is -2.47. The summed E-state index contributed by atoms with van der Waals surface area (Å²) in [7, 11) is -3.54. The average molecular weight is 432 g/mol. The first kappa shape index (κ1) is 21.8. The Morgan fingerprint density at radius 1 is 0.967 bits per heavy atom. The number of amides is 2. The van der Waals surface area contributed by atoms with E-state index < -0.39 is 27.9 Å². The van der Waals surface area contributed by atoms with Gasteiger partial charge in [0.25, 0.3) is 11.8 Å². The van der Waals surface area contributed by atoms with Crippen LogP contribution in [0, 0.1) is 6.92 Å². The van der Waals surface area contributed by atoms with Crippen molar-refractivity contribution < 1.29 is 22.7 Å². The summed E-state index contributed by atoms with van der Waals surface area (Å²) in [4.78, 5) is 24.5. The maximum Gasteiger partial charge on any atom is 0.279 e. The van der Waals surface area contributed by atoms with Crippen molar-refractivity contribution in [3.05, 3.63) is 59.7 Å². The molecule has 0 spiro atoms. The molecule has 1 fully saturated rings. The van der Waals surface area contributed by atoms with E-state index in [0.717, 1.165) is 18.4 Å². The van der Waals surface area contributed by atoms with Gasteiger partial charge in [0.2, 0.25) is 10.0 Å². The minimum Gasteiger partial charge on any atom is -0.481 e. The molecule has 3 rings (SSSR count). The highest BCUT2D eigenvalue weighted by molar-refractivity contribution is 7.89. The number of nitrogens with zero attached hydrogens (tertiary/aromatic N) is 1. The number of hydrogen-bond donors (Lipinski definition) is 2. The highest BCUT2D eigenvalue weighted by Crippen LogP contribution is 2.21.